The van der Waals surface area contributed by atoms with Gasteiger partial charge < -0.3 is 14.2 Å². The molecule has 0 heterocycles. The van der Waals surface area contributed by atoms with E-state index < -0.39 is 89.0 Å². The zero-order valence-electron chi connectivity index (χ0n) is 19.4. The summed E-state index contributed by atoms with van der Waals surface area (Å²) in [6.45, 7) is -2.08. The van der Waals surface area contributed by atoms with Gasteiger partial charge in [-0.3, -0.25) is 9.35 Å². The van der Waals surface area contributed by atoms with Gasteiger partial charge in [0.2, 0.25) is 0 Å². The predicted octanol–water partition coefficient (Wildman–Crippen LogP) is 5.32. The molecule has 1 rings (SSSR count). The minimum atomic E-state index is -6.79. The zero-order valence-corrected chi connectivity index (χ0v) is 20.3. The van der Waals surface area contributed by atoms with Crippen LogP contribution >= 0.6 is 0 Å². The molecule has 1 saturated carbocycles. The Labute approximate surface area is 215 Å². The molecule has 0 amide bonds. The van der Waals surface area contributed by atoms with Crippen molar-refractivity contribution >= 4 is 22.1 Å². The van der Waals surface area contributed by atoms with Gasteiger partial charge in [-0.1, -0.05) is 19.3 Å². The molecule has 1 N–H and O–H groups in total. The molecule has 0 aromatic carbocycles. The summed E-state index contributed by atoms with van der Waals surface area (Å²) in [7, 11) is -6.79. The van der Waals surface area contributed by atoms with Crippen LogP contribution in [0.3, 0.4) is 0 Å². The molecule has 1 unspecified atom stereocenters. The lowest BCUT2D eigenvalue weighted by Gasteiger charge is -2.35. The van der Waals surface area contributed by atoms with E-state index in [4.69, 9.17) is 4.55 Å². The fourth-order valence-electron chi connectivity index (χ4n) is 3.30. The third kappa shape index (κ3) is 8.23. The van der Waals surface area contributed by atoms with Crippen molar-refractivity contribution in [1.29, 1.82) is 0 Å². The predicted molar refractivity (Wildman–Crippen MR) is 100 cm³/mol. The summed E-state index contributed by atoms with van der Waals surface area (Å²) in [5.74, 6) is -18.3. The van der Waals surface area contributed by atoms with Crippen LogP contribution in [0, 0.1) is 5.92 Å². The van der Waals surface area contributed by atoms with E-state index in [1.165, 1.54) is 0 Å². The van der Waals surface area contributed by atoms with E-state index in [0.29, 0.717) is 6.42 Å². The highest BCUT2D eigenvalue weighted by atomic mass is 32.2. The fraction of sp³-hybridized carbons (Fsp3) is 0.889. The smallest absolute Gasteiger partial charge is 0.438 e. The molecule has 236 valence electrons. The highest BCUT2D eigenvalue weighted by Crippen LogP contribution is 2.44. The normalized spacial score (nSPS) is 18.4. The molecular formula is C18H19F13O8S. The number of hydrogen-bond donors (Lipinski definition) is 1. The number of rotatable bonds is 11. The maximum Gasteiger partial charge on any atom is 0.468 e. The quantitative estimate of drug-likeness (QED) is 0.106. The third-order valence-electron chi connectivity index (χ3n) is 5.33. The average molecular weight is 642 g/mol. The van der Waals surface area contributed by atoms with Gasteiger partial charge in [-0.2, -0.15) is 65.5 Å². The maximum atomic E-state index is 14.0. The number of hydrogen-bond acceptors (Lipinski definition) is 7. The van der Waals surface area contributed by atoms with Crippen molar-refractivity contribution in [3.8, 4) is 0 Å². The van der Waals surface area contributed by atoms with E-state index in [9.17, 15) is 75.1 Å². The summed E-state index contributed by atoms with van der Waals surface area (Å²) in [4.78, 5) is 24.5. The first-order chi connectivity index (χ1) is 17.7. The van der Waals surface area contributed by atoms with Crippen LogP contribution < -0.4 is 0 Å². The minimum Gasteiger partial charge on any atom is -0.438 e. The Kier molecular flexibility index (Phi) is 10.8. The monoisotopic (exact) mass is 642 g/mol. The van der Waals surface area contributed by atoms with Gasteiger partial charge in [0.25, 0.3) is 6.10 Å². The zero-order chi connectivity index (χ0) is 31.6. The summed E-state index contributed by atoms with van der Waals surface area (Å²) >= 11 is 0. The van der Waals surface area contributed by atoms with E-state index in [1.54, 1.807) is 0 Å². The number of halogens is 13. The van der Waals surface area contributed by atoms with Crippen LogP contribution in [0.25, 0.3) is 0 Å². The van der Waals surface area contributed by atoms with Crippen molar-refractivity contribution in [3.63, 3.8) is 0 Å². The SMILES string of the molecule is O=C(OC(OCCCC(F)(F)C(F)(F)S(=O)(=O)O)(C(=O)OC(C(F)(F)F)C(F)(F)F)C(F)(F)F)C1CCCCC1. The van der Waals surface area contributed by atoms with Gasteiger partial charge in [-0.25, -0.2) is 4.79 Å². The molecule has 8 nitrogen and oxygen atoms in total. The highest BCUT2D eigenvalue weighted by Gasteiger charge is 2.71. The van der Waals surface area contributed by atoms with Crippen LogP contribution in [-0.4, -0.2) is 73.1 Å². The van der Waals surface area contributed by atoms with E-state index in [-0.39, 0.29) is 25.7 Å². The number of esters is 2. The number of carbonyl (C=O) groups is 2. The summed E-state index contributed by atoms with van der Waals surface area (Å²) in [5, 5.41) is -6.21. The van der Waals surface area contributed by atoms with Gasteiger partial charge in [-0.05, 0) is 19.3 Å². The number of carbonyl (C=O) groups excluding carboxylic acids is 2. The van der Waals surface area contributed by atoms with Crippen LogP contribution in [0.1, 0.15) is 44.9 Å². The van der Waals surface area contributed by atoms with Crippen LogP contribution in [0.5, 0.6) is 0 Å². The molecule has 0 saturated heterocycles. The average Bonchev–Trinajstić information content (AvgIpc) is 2.76. The molecule has 1 aliphatic rings. The van der Waals surface area contributed by atoms with Crippen molar-refractivity contribution < 1.29 is 93.8 Å². The molecule has 1 aliphatic carbocycles. The van der Waals surface area contributed by atoms with Gasteiger partial charge in [0.15, 0.2) is 0 Å². The van der Waals surface area contributed by atoms with E-state index in [2.05, 4.69) is 14.2 Å². The lowest BCUT2D eigenvalue weighted by Crippen LogP contribution is -2.61. The minimum absolute atomic E-state index is 0.200. The van der Waals surface area contributed by atoms with Gasteiger partial charge in [0.1, 0.15) is 0 Å². The second kappa shape index (κ2) is 12.0. The van der Waals surface area contributed by atoms with Crippen molar-refractivity contribution in [2.75, 3.05) is 6.61 Å². The largest absolute Gasteiger partial charge is 0.468 e. The molecular weight excluding hydrogens is 623 g/mol. The molecule has 40 heavy (non-hydrogen) atoms. The molecule has 0 bridgehead atoms. The molecule has 0 spiro atoms. The van der Waals surface area contributed by atoms with Crippen LogP contribution in [-0.2, 0) is 33.9 Å². The van der Waals surface area contributed by atoms with Crippen molar-refractivity contribution in [2.24, 2.45) is 5.92 Å². The van der Waals surface area contributed by atoms with E-state index in [0.717, 1.165) is 0 Å². The standard InChI is InChI=1S/C18H19F13O8S/c19-13(20,18(30,31)40(34,35)36)7-4-8-37-14(17(27,28)29,39-10(32)9-5-2-1-3-6-9)12(33)38-11(15(21,22)23)16(24,25)26/h9,11H,1-8H2,(H,34,35,36). The number of ether oxygens (including phenoxy) is 3. The molecule has 0 aliphatic heterocycles. The molecule has 0 radical (unpaired) electrons. The van der Waals surface area contributed by atoms with Gasteiger partial charge in [0, 0.05) is 6.42 Å². The van der Waals surface area contributed by atoms with Crippen LogP contribution in [0.2, 0.25) is 0 Å². The summed E-state index contributed by atoms with van der Waals surface area (Å²) in [5.41, 5.74) is 0. The Morgan fingerprint density at radius 1 is 0.825 bits per heavy atom. The third-order valence-corrected chi connectivity index (χ3v) is 6.28. The first-order valence-electron chi connectivity index (χ1n) is 10.7. The summed E-state index contributed by atoms with van der Waals surface area (Å²) in [6, 6.07) is 0. The van der Waals surface area contributed by atoms with E-state index >= 15 is 0 Å². The Balaban J connectivity index is 3.41. The van der Waals surface area contributed by atoms with Crippen molar-refractivity contribution in [2.45, 2.75) is 86.5 Å². The van der Waals surface area contributed by atoms with Crippen molar-refractivity contribution in [1.82, 2.24) is 0 Å². The van der Waals surface area contributed by atoms with Crippen molar-refractivity contribution in [3.05, 3.63) is 0 Å². The summed E-state index contributed by atoms with van der Waals surface area (Å²) in [6.07, 6.45) is -28.7. The molecule has 1 atom stereocenters. The second-order valence-corrected chi connectivity index (χ2v) is 9.85. The molecule has 0 aromatic heterocycles. The maximum absolute atomic E-state index is 14.0. The Morgan fingerprint density at radius 3 is 1.70 bits per heavy atom. The van der Waals surface area contributed by atoms with Crippen LogP contribution in [0.4, 0.5) is 57.1 Å². The molecule has 0 aromatic rings. The first kappa shape index (κ1) is 35.9. The summed E-state index contributed by atoms with van der Waals surface area (Å²) < 4.78 is 212. The molecule has 22 heteroatoms. The van der Waals surface area contributed by atoms with Gasteiger partial charge >= 0.3 is 57.5 Å². The Bertz CT molecular complexity index is 987. The second-order valence-electron chi connectivity index (χ2n) is 8.39. The lowest BCUT2D eigenvalue weighted by atomic mass is 9.89. The topological polar surface area (TPSA) is 116 Å². The lowest BCUT2D eigenvalue weighted by molar-refractivity contribution is -0.371. The van der Waals surface area contributed by atoms with Gasteiger partial charge in [-0.15, -0.1) is 0 Å². The number of alkyl halides is 13. The van der Waals surface area contributed by atoms with Gasteiger partial charge in [0.05, 0.1) is 12.5 Å². The Hall–Kier alpha value is -2.10. The van der Waals surface area contributed by atoms with E-state index in [1.807, 2.05) is 0 Å². The first-order valence-corrected chi connectivity index (χ1v) is 12.2. The fourth-order valence-corrected chi connectivity index (χ4v) is 3.78. The highest BCUT2D eigenvalue weighted by molar-refractivity contribution is 7.87. The Morgan fingerprint density at radius 2 is 1.30 bits per heavy atom. The molecule has 1 fully saturated rings. The van der Waals surface area contributed by atoms with Crippen LogP contribution in [0.15, 0.2) is 0 Å².